The van der Waals surface area contributed by atoms with Crippen LogP contribution in [0.1, 0.15) is 5.56 Å². The van der Waals surface area contributed by atoms with E-state index in [9.17, 15) is 18.0 Å². The summed E-state index contributed by atoms with van der Waals surface area (Å²) in [6.07, 6.45) is 0.684. The number of aromatic nitrogens is 5. The summed E-state index contributed by atoms with van der Waals surface area (Å²) in [5, 5.41) is 0. The van der Waals surface area contributed by atoms with Crippen LogP contribution in [0.5, 0.6) is 0 Å². The highest BCUT2D eigenvalue weighted by molar-refractivity contribution is 5.84. The number of nitrogens with zero attached hydrogens (tertiary/aromatic N) is 4. The molecule has 0 bridgehead atoms. The molecular formula is C21H12F3N5O. The maximum atomic E-state index is 13.3. The number of pyridine rings is 2. The summed E-state index contributed by atoms with van der Waals surface area (Å²) in [7, 11) is 0. The van der Waals surface area contributed by atoms with E-state index < -0.39 is 11.7 Å². The molecule has 0 atom stereocenters. The summed E-state index contributed by atoms with van der Waals surface area (Å²) in [6.45, 7) is 0. The highest BCUT2D eigenvalue weighted by Crippen LogP contribution is 2.35. The van der Waals surface area contributed by atoms with Crippen molar-refractivity contribution < 1.29 is 13.2 Å². The van der Waals surface area contributed by atoms with Crippen molar-refractivity contribution in [2.45, 2.75) is 6.18 Å². The summed E-state index contributed by atoms with van der Waals surface area (Å²) in [5.74, 6) is 0. The van der Waals surface area contributed by atoms with Crippen molar-refractivity contribution >= 4 is 16.8 Å². The Hall–Kier alpha value is -4.01. The van der Waals surface area contributed by atoms with Gasteiger partial charge < -0.3 is 9.38 Å². The van der Waals surface area contributed by atoms with Crippen LogP contribution in [-0.4, -0.2) is 24.3 Å². The lowest BCUT2D eigenvalue weighted by Crippen LogP contribution is -2.07. The second kappa shape index (κ2) is 6.51. The summed E-state index contributed by atoms with van der Waals surface area (Å²) < 4.78 is 41.6. The van der Waals surface area contributed by atoms with E-state index in [1.54, 1.807) is 35.1 Å². The lowest BCUT2D eigenvalue weighted by Gasteiger charge is -2.13. The highest BCUT2D eigenvalue weighted by atomic mass is 19.4. The summed E-state index contributed by atoms with van der Waals surface area (Å²) in [5.41, 5.74) is 1.68. The molecule has 0 amide bonds. The average Bonchev–Trinajstić information content (AvgIpc) is 3.20. The third kappa shape index (κ3) is 3.10. The van der Waals surface area contributed by atoms with Crippen LogP contribution in [0.4, 0.5) is 13.2 Å². The number of imidazole rings is 1. The van der Waals surface area contributed by atoms with Gasteiger partial charge in [-0.2, -0.15) is 13.2 Å². The van der Waals surface area contributed by atoms with Crippen molar-refractivity contribution in [3.8, 4) is 22.5 Å². The van der Waals surface area contributed by atoms with Crippen molar-refractivity contribution in [1.82, 2.24) is 24.3 Å². The van der Waals surface area contributed by atoms with Crippen molar-refractivity contribution in [2.75, 3.05) is 0 Å². The highest BCUT2D eigenvalue weighted by Gasteiger charge is 2.31. The molecule has 1 N–H and O–H groups in total. The zero-order valence-electron chi connectivity index (χ0n) is 15.2. The van der Waals surface area contributed by atoms with Gasteiger partial charge in [0.25, 0.3) is 0 Å². The van der Waals surface area contributed by atoms with Gasteiger partial charge in [0.15, 0.2) is 5.65 Å². The predicted octanol–water partition coefficient (Wildman–Crippen LogP) is 4.32. The molecule has 30 heavy (non-hydrogen) atoms. The van der Waals surface area contributed by atoms with Crippen molar-refractivity contribution in [2.24, 2.45) is 0 Å². The topological polar surface area (TPSA) is 75.9 Å². The lowest BCUT2D eigenvalue weighted by molar-refractivity contribution is -0.137. The molecule has 6 nitrogen and oxygen atoms in total. The SMILES string of the molecule is O=c1ccc2nc(-c3ccc4nccn4c3)c(-c3cccc(C(F)(F)F)c3)nc2[nH]1. The first-order valence-electron chi connectivity index (χ1n) is 8.90. The zero-order chi connectivity index (χ0) is 20.9. The van der Waals surface area contributed by atoms with E-state index in [1.165, 1.54) is 24.3 Å². The number of hydrogen-bond donors (Lipinski definition) is 1. The summed E-state index contributed by atoms with van der Waals surface area (Å²) in [4.78, 5) is 27.5. The van der Waals surface area contributed by atoms with Gasteiger partial charge in [-0.25, -0.2) is 15.0 Å². The largest absolute Gasteiger partial charge is 0.416 e. The van der Waals surface area contributed by atoms with Crippen LogP contribution in [0.3, 0.4) is 0 Å². The minimum Gasteiger partial charge on any atom is -0.306 e. The van der Waals surface area contributed by atoms with Gasteiger partial charge >= 0.3 is 6.18 Å². The van der Waals surface area contributed by atoms with E-state index >= 15 is 0 Å². The standard InChI is InChI=1S/C21H12F3N5O/c22-21(23,24)14-3-1-2-12(10-14)18-19(13-4-6-16-25-8-9-29(16)11-13)26-15-5-7-17(30)27-20(15)28-18/h1-11H,(H,27,28,30). The fourth-order valence-corrected chi connectivity index (χ4v) is 3.28. The minimum atomic E-state index is -4.50. The first kappa shape index (κ1) is 18.0. The van der Waals surface area contributed by atoms with Crippen LogP contribution in [0.25, 0.3) is 39.3 Å². The first-order valence-corrected chi connectivity index (χ1v) is 8.90. The maximum absolute atomic E-state index is 13.3. The molecule has 4 aromatic heterocycles. The van der Waals surface area contributed by atoms with E-state index in [-0.39, 0.29) is 22.5 Å². The molecule has 0 spiro atoms. The van der Waals surface area contributed by atoms with E-state index in [0.717, 1.165) is 17.8 Å². The van der Waals surface area contributed by atoms with Crippen molar-refractivity contribution in [3.05, 3.63) is 83.0 Å². The third-order valence-corrected chi connectivity index (χ3v) is 4.68. The molecule has 0 aliphatic carbocycles. The van der Waals surface area contributed by atoms with Gasteiger partial charge in [0.2, 0.25) is 5.56 Å². The van der Waals surface area contributed by atoms with E-state index in [4.69, 9.17) is 0 Å². The van der Waals surface area contributed by atoms with Crippen LogP contribution in [0.2, 0.25) is 0 Å². The van der Waals surface area contributed by atoms with Crippen LogP contribution in [-0.2, 0) is 6.18 Å². The van der Waals surface area contributed by atoms with Gasteiger partial charge in [-0.05, 0) is 30.3 Å². The maximum Gasteiger partial charge on any atom is 0.416 e. The molecule has 4 heterocycles. The molecule has 148 valence electrons. The van der Waals surface area contributed by atoms with Crippen LogP contribution in [0.15, 0.2) is 71.9 Å². The van der Waals surface area contributed by atoms with Gasteiger partial charge in [-0.3, -0.25) is 4.79 Å². The molecule has 0 fully saturated rings. The average molecular weight is 407 g/mol. The second-order valence-corrected chi connectivity index (χ2v) is 6.67. The molecule has 0 radical (unpaired) electrons. The smallest absolute Gasteiger partial charge is 0.306 e. The molecule has 0 saturated carbocycles. The summed E-state index contributed by atoms with van der Waals surface area (Å²) >= 11 is 0. The monoisotopic (exact) mass is 407 g/mol. The van der Waals surface area contributed by atoms with Crippen molar-refractivity contribution in [1.29, 1.82) is 0 Å². The first-order chi connectivity index (χ1) is 14.4. The van der Waals surface area contributed by atoms with E-state index in [1.807, 2.05) is 0 Å². The Kier molecular flexibility index (Phi) is 3.92. The summed E-state index contributed by atoms with van der Waals surface area (Å²) in [6, 6.07) is 11.3. The van der Waals surface area contributed by atoms with Gasteiger partial charge in [0.1, 0.15) is 11.2 Å². The molecule has 5 rings (SSSR count). The van der Waals surface area contributed by atoms with Crippen LogP contribution < -0.4 is 5.56 Å². The van der Waals surface area contributed by atoms with Gasteiger partial charge in [-0.1, -0.05) is 12.1 Å². The predicted molar refractivity (Wildman–Crippen MR) is 105 cm³/mol. The third-order valence-electron chi connectivity index (χ3n) is 4.68. The minimum absolute atomic E-state index is 0.197. The number of nitrogens with one attached hydrogen (secondary N) is 1. The van der Waals surface area contributed by atoms with Crippen LogP contribution >= 0.6 is 0 Å². The molecule has 0 aliphatic rings. The normalized spacial score (nSPS) is 12.0. The molecular weight excluding hydrogens is 395 g/mol. The quantitative estimate of drug-likeness (QED) is 0.473. The Morgan fingerprint density at radius 2 is 1.77 bits per heavy atom. The fourth-order valence-electron chi connectivity index (χ4n) is 3.28. The number of rotatable bonds is 2. The molecule has 0 unspecified atom stereocenters. The van der Waals surface area contributed by atoms with Crippen LogP contribution in [0, 0.1) is 0 Å². The molecule has 1 aromatic carbocycles. The molecule has 0 aliphatic heterocycles. The van der Waals surface area contributed by atoms with E-state index in [2.05, 4.69) is 19.9 Å². The fraction of sp³-hybridized carbons (Fsp3) is 0.0476. The van der Waals surface area contributed by atoms with E-state index in [0.29, 0.717) is 16.8 Å². The number of H-pyrrole nitrogens is 1. The number of benzene rings is 1. The van der Waals surface area contributed by atoms with Crippen molar-refractivity contribution in [3.63, 3.8) is 0 Å². The number of alkyl halides is 3. The Morgan fingerprint density at radius 3 is 2.60 bits per heavy atom. The molecule has 9 heteroatoms. The molecule has 0 saturated heterocycles. The Bertz CT molecular complexity index is 1470. The number of aromatic amines is 1. The lowest BCUT2D eigenvalue weighted by atomic mass is 10.0. The Balaban J connectivity index is 1.81. The van der Waals surface area contributed by atoms with Gasteiger partial charge in [-0.15, -0.1) is 0 Å². The number of hydrogen-bond acceptors (Lipinski definition) is 4. The zero-order valence-corrected chi connectivity index (χ0v) is 15.2. The Morgan fingerprint density at radius 1 is 0.933 bits per heavy atom. The van der Waals surface area contributed by atoms with Gasteiger partial charge in [0, 0.05) is 35.8 Å². The number of fused-ring (bicyclic) bond motifs is 2. The van der Waals surface area contributed by atoms with Gasteiger partial charge in [0.05, 0.1) is 17.0 Å². The Labute approximate surface area is 166 Å². The second-order valence-electron chi connectivity index (χ2n) is 6.67. The number of halogens is 3. The molecule has 5 aromatic rings.